The molecule has 1 heterocycles. The van der Waals surface area contributed by atoms with Gasteiger partial charge in [-0.3, -0.25) is 9.59 Å². The van der Waals surface area contributed by atoms with E-state index in [1.807, 2.05) is 0 Å². The smallest absolute Gasteiger partial charge is 0.325 e. The number of carbonyl (C=O) groups excluding carboxylic acids is 1. The molecule has 0 aromatic carbocycles. The number of morpholine rings is 1. The minimum absolute atomic E-state index is 0.153. The quantitative estimate of drug-likeness (QED) is 0.558. The Hall–Kier alpha value is -1.14. The summed E-state index contributed by atoms with van der Waals surface area (Å²) >= 11 is 0. The van der Waals surface area contributed by atoms with Gasteiger partial charge in [-0.2, -0.15) is 0 Å². The van der Waals surface area contributed by atoms with Crippen molar-refractivity contribution in [1.29, 1.82) is 0 Å². The highest BCUT2D eigenvalue weighted by Crippen LogP contribution is 2.01. The summed E-state index contributed by atoms with van der Waals surface area (Å²) in [4.78, 5) is 21.8. The summed E-state index contributed by atoms with van der Waals surface area (Å²) in [5.41, 5.74) is 0. The number of carboxylic acids is 1. The van der Waals surface area contributed by atoms with E-state index in [0.29, 0.717) is 13.2 Å². The third kappa shape index (κ3) is 4.26. The van der Waals surface area contributed by atoms with Gasteiger partial charge in [-0.05, 0) is 6.92 Å². The van der Waals surface area contributed by atoms with Crippen LogP contribution in [0.3, 0.4) is 0 Å². The van der Waals surface area contributed by atoms with Gasteiger partial charge in [0.1, 0.15) is 6.04 Å². The Kier molecular flexibility index (Phi) is 4.51. The summed E-state index contributed by atoms with van der Waals surface area (Å²) in [6.07, 6.45) is 0.0460. The van der Waals surface area contributed by atoms with Gasteiger partial charge in [0.15, 0.2) is 0 Å². The standard InChI is InChI=1S/C9H16N2O4/c1-6(9(13)14)11-8(12)4-7-5-10-2-3-15-7/h6-7,10H,2-5H2,1H3,(H,11,12)(H,13,14)/t6-,7?/m0/s1. The first-order valence-electron chi connectivity index (χ1n) is 4.94. The fourth-order valence-electron chi connectivity index (χ4n) is 1.32. The van der Waals surface area contributed by atoms with Gasteiger partial charge in [-0.25, -0.2) is 0 Å². The molecule has 6 heteroatoms. The molecule has 1 fully saturated rings. The van der Waals surface area contributed by atoms with E-state index in [1.54, 1.807) is 0 Å². The lowest BCUT2D eigenvalue weighted by Crippen LogP contribution is -2.44. The van der Waals surface area contributed by atoms with Crippen LogP contribution in [-0.2, 0) is 14.3 Å². The van der Waals surface area contributed by atoms with Crippen LogP contribution in [0, 0.1) is 0 Å². The van der Waals surface area contributed by atoms with Crippen LogP contribution >= 0.6 is 0 Å². The predicted molar refractivity (Wildman–Crippen MR) is 52.5 cm³/mol. The lowest BCUT2D eigenvalue weighted by molar-refractivity contribution is -0.141. The van der Waals surface area contributed by atoms with E-state index in [0.717, 1.165) is 6.54 Å². The first-order valence-corrected chi connectivity index (χ1v) is 4.94. The number of rotatable bonds is 4. The third-order valence-electron chi connectivity index (χ3n) is 2.17. The maximum Gasteiger partial charge on any atom is 0.325 e. The minimum Gasteiger partial charge on any atom is -0.480 e. The number of hydrogen-bond donors (Lipinski definition) is 3. The normalized spacial score (nSPS) is 23.1. The number of amides is 1. The number of aliphatic carboxylic acids is 1. The van der Waals surface area contributed by atoms with E-state index >= 15 is 0 Å². The minimum atomic E-state index is -1.04. The number of ether oxygens (including phenoxy) is 1. The summed E-state index contributed by atoms with van der Waals surface area (Å²) in [5.74, 6) is -1.33. The first-order chi connectivity index (χ1) is 7.09. The third-order valence-corrected chi connectivity index (χ3v) is 2.17. The van der Waals surface area contributed by atoms with Crippen LogP contribution in [0.15, 0.2) is 0 Å². The van der Waals surface area contributed by atoms with Crippen molar-refractivity contribution in [2.75, 3.05) is 19.7 Å². The largest absolute Gasteiger partial charge is 0.480 e. The monoisotopic (exact) mass is 216 g/mol. The molecule has 0 saturated carbocycles. The topological polar surface area (TPSA) is 87.7 Å². The molecule has 1 aliphatic heterocycles. The van der Waals surface area contributed by atoms with Gasteiger partial charge in [0.05, 0.1) is 19.1 Å². The molecule has 2 atom stereocenters. The molecule has 0 bridgehead atoms. The molecule has 0 aromatic rings. The average Bonchev–Trinajstić information content (AvgIpc) is 2.18. The van der Waals surface area contributed by atoms with Crippen molar-refractivity contribution in [2.24, 2.45) is 0 Å². The van der Waals surface area contributed by atoms with Crippen molar-refractivity contribution in [1.82, 2.24) is 10.6 Å². The van der Waals surface area contributed by atoms with Crippen LogP contribution in [0.1, 0.15) is 13.3 Å². The molecule has 0 aliphatic carbocycles. The molecule has 1 rings (SSSR count). The summed E-state index contributed by atoms with van der Waals surface area (Å²) < 4.78 is 5.32. The van der Waals surface area contributed by atoms with Gasteiger partial charge >= 0.3 is 5.97 Å². The fourth-order valence-corrected chi connectivity index (χ4v) is 1.32. The SMILES string of the molecule is C[C@H](NC(=O)CC1CNCCO1)C(=O)O. The van der Waals surface area contributed by atoms with Crippen molar-refractivity contribution in [3.8, 4) is 0 Å². The number of carboxylic acid groups (broad SMARTS) is 1. The molecule has 1 saturated heterocycles. The molecule has 86 valence electrons. The molecule has 6 nitrogen and oxygen atoms in total. The van der Waals surface area contributed by atoms with Crippen molar-refractivity contribution < 1.29 is 19.4 Å². The summed E-state index contributed by atoms with van der Waals surface area (Å²) in [7, 11) is 0. The average molecular weight is 216 g/mol. The number of hydrogen-bond acceptors (Lipinski definition) is 4. The molecule has 1 aliphatic rings. The number of nitrogens with one attached hydrogen (secondary N) is 2. The van der Waals surface area contributed by atoms with E-state index in [2.05, 4.69) is 10.6 Å². The molecule has 0 radical (unpaired) electrons. The predicted octanol–water partition coefficient (Wildman–Crippen LogP) is -1.05. The summed E-state index contributed by atoms with van der Waals surface area (Å²) in [6.45, 7) is 3.45. The molecule has 1 unspecified atom stereocenters. The van der Waals surface area contributed by atoms with Gasteiger partial charge in [0, 0.05) is 13.1 Å². The van der Waals surface area contributed by atoms with Crippen LogP contribution in [0.4, 0.5) is 0 Å². The second kappa shape index (κ2) is 5.67. The van der Waals surface area contributed by atoms with E-state index in [-0.39, 0.29) is 18.4 Å². The zero-order chi connectivity index (χ0) is 11.3. The zero-order valence-corrected chi connectivity index (χ0v) is 8.66. The molecular weight excluding hydrogens is 200 g/mol. The second-order valence-electron chi connectivity index (χ2n) is 3.53. The molecule has 3 N–H and O–H groups in total. The van der Waals surface area contributed by atoms with Gasteiger partial charge in [-0.15, -0.1) is 0 Å². The molecule has 15 heavy (non-hydrogen) atoms. The van der Waals surface area contributed by atoms with E-state index < -0.39 is 12.0 Å². The second-order valence-corrected chi connectivity index (χ2v) is 3.53. The van der Waals surface area contributed by atoms with Gasteiger partial charge in [0.25, 0.3) is 0 Å². The van der Waals surface area contributed by atoms with Gasteiger partial charge < -0.3 is 20.5 Å². The maximum atomic E-state index is 11.3. The van der Waals surface area contributed by atoms with Crippen molar-refractivity contribution in [3.05, 3.63) is 0 Å². The Balaban J connectivity index is 2.25. The van der Waals surface area contributed by atoms with Crippen molar-refractivity contribution in [3.63, 3.8) is 0 Å². The molecule has 1 amide bonds. The van der Waals surface area contributed by atoms with Crippen molar-refractivity contribution in [2.45, 2.75) is 25.5 Å². The highest BCUT2D eigenvalue weighted by molar-refractivity contribution is 5.83. The van der Waals surface area contributed by atoms with E-state index in [9.17, 15) is 9.59 Å². The van der Waals surface area contributed by atoms with Gasteiger partial charge in [-0.1, -0.05) is 0 Å². The van der Waals surface area contributed by atoms with Crippen LogP contribution in [0.5, 0.6) is 0 Å². The molecule has 0 aromatic heterocycles. The molecule has 0 spiro atoms. The Morgan fingerprint density at radius 2 is 2.40 bits per heavy atom. The summed E-state index contributed by atoms with van der Waals surface area (Å²) in [5, 5.41) is 14.1. The first kappa shape index (κ1) is 11.9. The van der Waals surface area contributed by atoms with Gasteiger partial charge in [0.2, 0.25) is 5.91 Å². The number of carbonyl (C=O) groups is 2. The van der Waals surface area contributed by atoms with E-state index in [4.69, 9.17) is 9.84 Å². The van der Waals surface area contributed by atoms with Crippen LogP contribution in [-0.4, -0.2) is 48.8 Å². The Labute approximate surface area is 88.0 Å². The Morgan fingerprint density at radius 1 is 1.67 bits per heavy atom. The molecular formula is C9H16N2O4. The van der Waals surface area contributed by atoms with Crippen molar-refractivity contribution >= 4 is 11.9 Å². The highest BCUT2D eigenvalue weighted by Gasteiger charge is 2.20. The highest BCUT2D eigenvalue weighted by atomic mass is 16.5. The summed E-state index contributed by atoms with van der Waals surface area (Å²) in [6, 6.07) is -0.853. The Morgan fingerprint density at radius 3 is 2.93 bits per heavy atom. The van der Waals surface area contributed by atoms with E-state index in [1.165, 1.54) is 6.92 Å². The van der Waals surface area contributed by atoms with Crippen LogP contribution < -0.4 is 10.6 Å². The fraction of sp³-hybridized carbons (Fsp3) is 0.778. The van der Waals surface area contributed by atoms with Crippen LogP contribution in [0.2, 0.25) is 0 Å². The lowest BCUT2D eigenvalue weighted by atomic mass is 10.2. The maximum absolute atomic E-state index is 11.3. The Bertz CT molecular complexity index is 238. The lowest BCUT2D eigenvalue weighted by Gasteiger charge is -2.23. The zero-order valence-electron chi connectivity index (χ0n) is 8.66. The van der Waals surface area contributed by atoms with Crippen LogP contribution in [0.25, 0.3) is 0 Å².